The number of ether oxygens (including phenoxy) is 2. The van der Waals surface area contributed by atoms with E-state index in [1.54, 1.807) is 7.11 Å². The summed E-state index contributed by atoms with van der Waals surface area (Å²) in [4.78, 5) is 4.25. The zero-order chi connectivity index (χ0) is 16.1. The first-order chi connectivity index (χ1) is 11.2. The Balaban J connectivity index is 1.69. The summed E-state index contributed by atoms with van der Waals surface area (Å²) < 4.78 is 11.6. The van der Waals surface area contributed by atoms with E-state index in [1.165, 1.54) is 24.0 Å². The Morgan fingerprint density at radius 1 is 1.00 bits per heavy atom. The van der Waals surface area contributed by atoms with Crippen LogP contribution in [0, 0.1) is 6.92 Å². The number of hydrogen-bond donors (Lipinski definition) is 0. The van der Waals surface area contributed by atoms with Crippen LogP contribution < -0.4 is 9.47 Å². The maximum absolute atomic E-state index is 6.17. The molecule has 0 bridgehead atoms. The number of benzene rings is 1. The van der Waals surface area contributed by atoms with Crippen LogP contribution in [0.25, 0.3) is 0 Å². The van der Waals surface area contributed by atoms with E-state index < -0.39 is 0 Å². The summed E-state index contributed by atoms with van der Waals surface area (Å²) in [6, 6.07) is 10.5. The number of hydrogen-bond acceptors (Lipinski definition) is 3. The maximum atomic E-state index is 6.17. The zero-order valence-electron chi connectivity index (χ0n) is 14.0. The molecule has 0 unspecified atom stereocenters. The van der Waals surface area contributed by atoms with Crippen molar-refractivity contribution in [2.24, 2.45) is 0 Å². The van der Waals surface area contributed by atoms with E-state index in [0.29, 0.717) is 6.10 Å². The van der Waals surface area contributed by atoms with Crippen LogP contribution in [0.1, 0.15) is 42.5 Å². The Labute approximate surface area is 138 Å². The first-order valence-corrected chi connectivity index (χ1v) is 8.50. The van der Waals surface area contributed by atoms with Crippen LogP contribution in [0.4, 0.5) is 0 Å². The van der Waals surface area contributed by atoms with E-state index in [-0.39, 0.29) is 0 Å². The molecule has 0 atom stereocenters. The monoisotopic (exact) mass is 311 g/mol. The van der Waals surface area contributed by atoms with Gasteiger partial charge in [-0.2, -0.15) is 0 Å². The van der Waals surface area contributed by atoms with Crippen molar-refractivity contribution >= 4 is 0 Å². The molecule has 1 aromatic carbocycles. The molecule has 1 aliphatic rings. The van der Waals surface area contributed by atoms with Crippen molar-refractivity contribution < 1.29 is 9.47 Å². The molecule has 0 amide bonds. The largest absolute Gasteiger partial charge is 0.493 e. The van der Waals surface area contributed by atoms with Crippen LogP contribution in [0.2, 0.25) is 0 Å². The molecule has 0 saturated heterocycles. The highest BCUT2D eigenvalue weighted by Gasteiger charge is 2.18. The second-order valence-corrected chi connectivity index (χ2v) is 6.31. The minimum Gasteiger partial charge on any atom is -0.493 e. The van der Waals surface area contributed by atoms with E-state index in [2.05, 4.69) is 29.2 Å². The van der Waals surface area contributed by atoms with Crippen molar-refractivity contribution in [3.8, 4) is 11.5 Å². The van der Waals surface area contributed by atoms with Gasteiger partial charge in [0, 0.05) is 11.9 Å². The molecular formula is C20H25NO2. The second-order valence-electron chi connectivity index (χ2n) is 6.31. The summed E-state index contributed by atoms with van der Waals surface area (Å²) in [6.45, 7) is 2.03. The molecule has 3 rings (SSSR count). The lowest BCUT2D eigenvalue weighted by Crippen LogP contribution is -2.11. The van der Waals surface area contributed by atoms with E-state index in [9.17, 15) is 0 Å². The first-order valence-electron chi connectivity index (χ1n) is 8.50. The number of nitrogens with zero attached hydrogens (tertiary/aromatic N) is 1. The third-order valence-corrected chi connectivity index (χ3v) is 4.49. The van der Waals surface area contributed by atoms with Gasteiger partial charge in [0.25, 0.3) is 0 Å². The zero-order valence-corrected chi connectivity index (χ0v) is 14.0. The summed E-state index contributed by atoms with van der Waals surface area (Å²) >= 11 is 0. The molecular weight excluding hydrogens is 286 g/mol. The van der Waals surface area contributed by atoms with Crippen LogP contribution in [0.15, 0.2) is 36.5 Å². The van der Waals surface area contributed by atoms with Gasteiger partial charge in [-0.05, 0) is 80.8 Å². The molecule has 2 aromatic rings. The summed E-state index contributed by atoms with van der Waals surface area (Å²) in [6.07, 6.45) is 9.09. The minimum atomic E-state index is 0.349. The molecule has 1 aliphatic carbocycles. The Hall–Kier alpha value is -2.03. The van der Waals surface area contributed by atoms with Crippen LogP contribution in [-0.2, 0) is 12.8 Å². The quantitative estimate of drug-likeness (QED) is 0.787. The predicted molar refractivity (Wildman–Crippen MR) is 92.3 cm³/mol. The van der Waals surface area contributed by atoms with Gasteiger partial charge in [-0.15, -0.1) is 0 Å². The predicted octanol–water partition coefficient (Wildman–Crippen LogP) is 4.51. The fourth-order valence-electron chi connectivity index (χ4n) is 3.20. The highest BCUT2D eigenvalue weighted by Crippen LogP contribution is 2.32. The van der Waals surface area contributed by atoms with Crippen molar-refractivity contribution in [3.05, 3.63) is 53.3 Å². The number of pyridine rings is 1. The van der Waals surface area contributed by atoms with E-state index in [1.807, 2.05) is 19.2 Å². The highest BCUT2D eigenvalue weighted by atomic mass is 16.5. The summed E-state index contributed by atoms with van der Waals surface area (Å²) in [7, 11) is 1.70. The van der Waals surface area contributed by atoms with Crippen LogP contribution >= 0.6 is 0 Å². The van der Waals surface area contributed by atoms with Gasteiger partial charge in [0.05, 0.1) is 13.2 Å². The lowest BCUT2D eigenvalue weighted by molar-refractivity contribution is 0.200. The van der Waals surface area contributed by atoms with Crippen LogP contribution in [-0.4, -0.2) is 18.2 Å². The van der Waals surface area contributed by atoms with E-state index in [0.717, 1.165) is 42.9 Å². The van der Waals surface area contributed by atoms with E-state index in [4.69, 9.17) is 9.47 Å². The number of aryl methyl sites for hydroxylation is 3. The molecule has 0 radical (unpaired) electrons. The Kier molecular flexibility index (Phi) is 5.16. The van der Waals surface area contributed by atoms with Crippen molar-refractivity contribution in [2.75, 3.05) is 7.11 Å². The number of aromatic nitrogens is 1. The van der Waals surface area contributed by atoms with Gasteiger partial charge in [0.2, 0.25) is 0 Å². The second kappa shape index (κ2) is 7.49. The van der Waals surface area contributed by atoms with Gasteiger partial charge in [-0.1, -0.05) is 6.07 Å². The minimum absolute atomic E-state index is 0.349. The van der Waals surface area contributed by atoms with Gasteiger partial charge in [-0.3, -0.25) is 4.98 Å². The Bertz CT molecular complexity index is 648. The molecule has 122 valence electrons. The van der Waals surface area contributed by atoms with Crippen molar-refractivity contribution in [2.45, 2.75) is 51.6 Å². The lowest BCUT2D eigenvalue weighted by Gasteiger charge is -2.17. The smallest absolute Gasteiger partial charge is 0.161 e. The van der Waals surface area contributed by atoms with Gasteiger partial charge in [-0.25, -0.2) is 0 Å². The van der Waals surface area contributed by atoms with Crippen LogP contribution in [0.3, 0.4) is 0 Å². The molecule has 0 aliphatic heterocycles. The molecule has 0 spiro atoms. The molecule has 1 fully saturated rings. The lowest BCUT2D eigenvalue weighted by atomic mass is 10.0. The molecule has 0 N–H and O–H groups in total. The molecule has 1 aromatic heterocycles. The fraction of sp³-hybridized carbons (Fsp3) is 0.450. The number of methoxy groups -OCH3 is 1. The third kappa shape index (κ3) is 4.25. The average molecular weight is 311 g/mol. The highest BCUT2D eigenvalue weighted by molar-refractivity contribution is 5.43. The Morgan fingerprint density at radius 3 is 2.43 bits per heavy atom. The first kappa shape index (κ1) is 15.9. The normalized spacial score (nSPS) is 14.9. The summed E-state index contributed by atoms with van der Waals surface area (Å²) in [5.74, 6) is 1.73. The van der Waals surface area contributed by atoms with Crippen molar-refractivity contribution in [1.82, 2.24) is 4.98 Å². The van der Waals surface area contributed by atoms with Gasteiger partial charge < -0.3 is 9.47 Å². The SMILES string of the molecule is COc1ccc(CCc2ccnc(C)c2)cc1OC1CCCC1. The average Bonchev–Trinajstić information content (AvgIpc) is 3.06. The fourth-order valence-corrected chi connectivity index (χ4v) is 3.20. The van der Waals surface area contributed by atoms with E-state index >= 15 is 0 Å². The topological polar surface area (TPSA) is 31.4 Å². The molecule has 1 saturated carbocycles. The van der Waals surface area contributed by atoms with Crippen molar-refractivity contribution in [1.29, 1.82) is 0 Å². The number of rotatable bonds is 6. The standard InChI is InChI=1S/C20H25NO2/c1-15-13-17(11-12-21-15)8-7-16-9-10-19(22-2)20(14-16)23-18-5-3-4-6-18/h9-14,18H,3-8H2,1-2H3. The maximum Gasteiger partial charge on any atom is 0.161 e. The molecule has 3 heteroatoms. The van der Waals surface area contributed by atoms with Crippen LogP contribution in [0.5, 0.6) is 11.5 Å². The molecule has 3 nitrogen and oxygen atoms in total. The molecule has 23 heavy (non-hydrogen) atoms. The van der Waals surface area contributed by atoms with Gasteiger partial charge >= 0.3 is 0 Å². The van der Waals surface area contributed by atoms with Gasteiger partial charge in [0.15, 0.2) is 11.5 Å². The van der Waals surface area contributed by atoms with Gasteiger partial charge in [0.1, 0.15) is 0 Å². The van der Waals surface area contributed by atoms with Crippen molar-refractivity contribution in [3.63, 3.8) is 0 Å². The summed E-state index contributed by atoms with van der Waals surface area (Å²) in [5, 5.41) is 0. The Morgan fingerprint density at radius 2 is 1.74 bits per heavy atom. The molecule has 1 heterocycles. The third-order valence-electron chi connectivity index (χ3n) is 4.49. The summed E-state index contributed by atoms with van der Waals surface area (Å²) in [5.41, 5.74) is 3.68.